The van der Waals surface area contributed by atoms with Gasteiger partial charge < -0.3 is 30.3 Å². The van der Waals surface area contributed by atoms with Crippen LogP contribution in [0.25, 0.3) is 0 Å². The molecule has 190 valence electrons. The summed E-state index contributed by atoms with van der Waals surface area (Å²) in [6.07, 6.45) is 0. The summed E-state index contributed by atoms with van der Waals surface area (Å²) in [6.45, 7) is 8.40. The molecule has 0 aliphatic rings. The lowest BCUT2D eigenvalue weighted by molar-refractivity contribution is -0.132. The number of benzene rings is 2. The molecule has 11 nitrogen and oxygen atoms in total. The van der Waals surface area contributed by atoms with Crippen LogP contribution >= 0.6 is 0 Å². The van der Waals surface area contributed by atoms with Crippen molar-refractivity contribution in [1.29, 1.82) is 0 Å². The highest BCUT2D eigenvalue weighted by atomic mass is 16.5. The van der Waals surface area contributed by atoms with Crippen molar-refractivity contribution in [1.82, 2.24) is 0 Å². The van der Waals surface area contributed by atoms with Gasteiger partial charge in [-0.1, -0.05) is 30.8 Å². The van der Waals surface area contributed by atoms with E-state index in [1.807, 2.05) is 0 Å². The van der Waals surface area contributed by atoms with Crippen molar-refractivity contribution in [2.75, 3.05) is 13.2 Å². The lowest BCUT2D eigenvalue weighted by atomic mass is 10.1. The molecule has 0 saturated heterocycles. The first kappa shape index (κ1) is 32.7. The number of carboxylic acid groups (broad SMARTS) is 3. The molecule has 0 spiro atoms. The Hall–Kier alpha value is -4.51. The van der Waals surface area contributed by atoms with E-state index in [0.717, 1.165) is 0 Å². The van der Waals surface area contributed by atoms with Crippen molar-refractivity contribution < 1.29 is 54.2 Å². The van der Waals surface area contributed by atoms with Crippen molar-refractivity contribution in [2.24, 2.45) is 0 Å². The van der Waals surface area contributed by atoms with Gasteiger partial charge in [-0.25, -0.2) is 24.0 Å². The van der Waals surface area contributed by atoms with E-state index in [4.69, 9.17) is 24.8 Å². The largest absolute Gasteiger partial charge is 0.478 e. The number of hydrogen-bond donors (Lipinski definition) is 3. The van der Waals surface area contributed by atoms with Gasteiger partial charge >= 0.3 is 29.8 Å². The van der Waals surface area contributed by atoms with E-state index in [9.17, 15) is 24.0 Å². The maximum Gasteiger partial charge on any atom is 0.338 e. The number of rotatable bonds is 7. The standard InChI is InChI=1S/2C10H10O4.C4H6O2.H2O/c2*1-2-14-10(13)8-6-4-3-5-7(8)9(11)12;1-3(2)4(5)6;/h2*3-6H,2H2,1H3,(H,11,12);1H2,2H3,(H,5,6);1H2. The van der Waals surface area contributed by atoms with Crippen LogP contribution in [0.3, 0.4) is 0 Å². The van der Waals surface area contributed by atoms with Gasteiger partial charge in [-0.05, 0) is 45.0 Å². The van der Waals surface area contributed by atoms with Crippen LogP contribution in [0.1, 0.15) is 62.2 Å². The molecule has 0 aliphatic carbocycles. The number of carbonyl (C=O) groups excluding carboxylic acids is 2. The van der Waals surface area contributed by atoms with Gasteiger partial charge in [0.2, 0.25) is 0 Å². The third kappa shape index (κ3) is 11.8. The molecule has 2 aromatic rings. The molecule has 0 fully saturated rings. The van der Waals surface area contributed by atoms with Crippen LogP contribution in [0.15, 0.2) is 60.7 Å². The average Bonchev–Trinajstić information content (AvgIpc) is 2.80. The maximum absolute atomic E-state index is 11.3. The SMILES string of the molecule is C=C(C)C(=O)O.CCOC(=O)c1ccccc1C(=O)O.CCOC(=O)c1ccccc1C(=O)O.O. The molecule has 0 atom stereocenters. The predicted octanol–water partition coefficient (Wildman–Crippen LogP) is 2.95. The molecular formula is C24H28O11. The minimum absolute atomic E-state index is 0. The van der Waals surface area contributed by atoms with E-state index >= 15 is 0 Å². The van der Waals surface area contributed by atoms with Gasteiger partial charge in [-0.15, -0.1) is 0 Å². The molecule has 2 rings (SSSR count). The summed E-state index contributed by atoms with van der Waals surface area (Å²) >= 11 is 0. The smallest absolute Gasteiger partial charge is 0.338 e. The number of esters is 2. The summed E-state index contributed by atoms with van der Waals surface area (Å²) in [5.74, 6) is -4.41. The van der Waals surface area contributed by atoms with Gasteiger partial charge in [0.05, 0.1) is 35.5 Å². The van der Waals surface area contributed by atoms with Crippen molar-refractivity contribution in [3.05, 3.63) is 82.9 Å². The van der Waals surface area contributed by atoms with Crippen LogP contribution in [-0.4, -0.2) is 63.9 Å². The molecule has 0 unspecified atom stereocenters. The van der Waals surface area contributed by atoms with E-state index in [1.165, 1.54) is 31.2 Å². The first-order valence-corrected chi connectivity index (χ1v) is 9.85. The molecule has 0 aromatic heterocycles. The van der Waals surface area contributed by atoms with Crippen molar-refractivity contribution >= 4 is 29.8 Å². The molecule has 11 heteroatoms. The molecule has 5 N–H and O–H groups in total. The molecular weight excluding hydrogens is 464 g/mol. The highest BCUT2D eigenvalue weighted by Gasteiger charge is 2.16. The zero-order valence-corrected chi connectivity index (χ0v) is 19.4. The fourth-order valence-electron chi connectivity index (χ4n) is 2.11. The fourth-order valence-corrected chi connectivity index (χ4v) is 2.11. The zero-order chi connectivity index (χ0) is 26.3. The zero-order valence-electron chi connectivity index (χ0n) is 19.4. The Morgan fingerprint density at radius 1 is 0.686 bits per heavy atom. The number of ether oxygens (including phenoxy) is 2. The highest BCUT2D eigenvalue weighted by molar-refractivity contribution is 6.03. The number of carbonyl (C=O) groups is 5. The molecule has 0 heterocycles. The average molecular weight is 492 g/mol. The summed E-state index contributed by atoms with van der Waals surface area (Å²) in [5.41, 5.74) is 0.274. The first-order chi connectivity index (χ1) is 16.0. The van der Waals surface area contributed by atoms with Crippen molar-refractivity contribution in [3.8, 4) is 0 Å². The normalized spacial score (nSPS) is 8.89. The molecule has 0 radical (unpaired) electrons. The number of aliphatic carboxylic acids is 1. The third-order valence-corrected chi connectivity index (χ3v) is 3.67. The number of aromatic carboxylic acids is 2. The van der Waals surface area contributed by atoms with E-state index in [0.29, 0.717) is 0 Å². The lowest BCUT2D eigenvalue weighted by Gasteiger charge is -2.04. The van der Waals surface area contributed by atoms with Crippen LogP contribution in [-0.2, 0) is 14.3 Å². The van der Waals surface area contributed by atoms with Gasteiger partial charge in [-0.2, -0.15) is 0 Å². The summed E-state index contributed by atoms with van der Waals surface area (Å²) in [5, 5.41) is 25.4. The summed E-state index contributed by atoms with van der Waals surface area (Å²) in [7, 11) is 0. The van der Waals surface area contributed by atoms with Crippen LogP contribution in [0.2, 0.25) is 0 Å². The molecule has 0 amide bonds. The Kier molecular flexibility index (Phi) is 15.9. The monoisotopic (exact) mass is 492 g/mol. The van der Waals surface area contributed by atoms with Gasteiger partial charge in [0, 0.05) is 5.57 Å². The maximum atomic E-state index is 11.3. The van der Waals surface area contributed by atoms with Crippen LogP contribution < -0.4 is 0 Å². The van der Waals surface area contributed by atoms with Gasteiger partial charge in [0.1, 0.15) is 0 Å². The Balaban J connectivity index is 0. The Morgan fingerprint density at radius 2 is 0.943 bits per heavy atom. The van der Waals surface area contributed by atoms with Crippen molar-refractivity contribution in [2.45, 2.75) is 20.8 Å². The Morgan fingerprint density at radius 3 is 1.14 bits per heavy atom. The summed E-state index contributed by atoms with van der Waals surface area (Å²) < 4.78 is 9.43. The number of carboxylic acids is 3. The fraction of sp³-hybridized carbons (Fsp3) is 0.208. The van der Waals surface area contributed by atoms with Gasteiger partial charge in [0.15, 0.2) is 0 Å². The first-order valence-electron chi connectivity index (χ1n) is 9.85. The van der Waals surface area contributed by atoms with E-state index < -0.39 is 29.8 Å². The summed E-state index contributed by atoms with van der Waals surface area (Å²) in [6, 6.07) is 11.9. The Bertz CT molecular complexity index is 958. The second-order valence-electron chi connectivity index (χ2n) is 6.23. The minimum Gasteiger partial charge on any atom is -0.478 e. The van der Waals surface area contributed by atoms with Gasteiger partial charge in [-0.3, -0.25) is 0 Å². The molecule has 35 heavy (non-hydrogen) atoms. The van der Waals surface area contributed by atoms with Gasteiger partial charge in [0.25, 0.3) is 0 Å². The molecule has 0 aliphatic heterocycles. The van der Waals surface area contributed by atoms with E-state index in [2.05, 4.69) is 6.58 Å². The quantitative estimate of drug-likeness (QED) is 0.382. The molecule has 0 saturated carbocycles. The third-order valence-electron chi connectivity index (χ3n) is 3.67. The van der Waals surface area contributed by atoms with Crippen LogP contribution in [0.5, 0.6) is 0 Å². The van der Waals surface area contributed by atoms with E-state index in [1.54, 1.807) is 38.1 Å². The highest BCUT2D eigenvalue weighted by Crippen LogP contribution is 2.11. The van der Waals surface area contributed by atoms with E-state index in [-0.39, 0.29) is 46.5 Å². The Labute approximate surface area is 201 Å². The lowest BCUT2D eigenvalue weighted by Crippen LogP contribution is -2.11. The molecule has 0 bridgehead atoms. The number of hydrogen-bond acceptors (Lipinski definition) is 7. The van der Waals surface area contributed by atoms with Crippen LogP contribution in [0, 0.1) is 0 Å². The summed E-state index contributed by atoms with van der Waals surface area (Å²) in [4.78, 5) is 53.6. The predicted molar refractivity (Wildman–Crippen MR) is 125 cm³/mol. The second-order valence-corrected chi connectivity index (χ2v) is 6.23. The van der Waals surface area contributed by atoms with Crippen molar-refractivity contribution in [3.63, 3.8) is 0 Å². The topological polar surface area (TPSA) is 196 Å². The molecule has 2 aromatic carbocycles. The minimum atomic E-state index is -1.13. The van der Waals surface area contributed by atoms with Crippen LogP contribution in [0.4, 0.5) is 0 Å². The second kappa shape index (κ2) is 17.0.